The number of ether oxygens (including phenoxy) is 1. The Morgan fingerprint density at radius 1 is 1.14 bits per heavy atom. The molecular weight excluding hydrogens is 444 g/mol. The van der Waals surface area contributed by atoms with Crippen molar-refractivity contribution in [3.05, 3.63) is 52.5 Å². The van der Waals surface area contributed by atoms with Crippen molar-refractivity contribution in [3.8, 4) is 0 Å². The van der Waals surface area contributed by atoms with Gasteiger partial charge in [0, 0.05) is 24.2 Å². The van der Waals surface area contributed by atoms with Crippen molar-refractivity contribution in [2.24, 2.45) is 0 Å². The van der Waals surface area contributed by atoms with Gasteiger partial charge in [0.2, 0.25) is 15.7 Å². The number of amides is 1. The molecule has 0 heterocycles. The summed E-state index contributed by atoms with van der Waals surface area (Å²) in [5.41, 5.74) is 1.35. The van der Waals surface area contributed by atoms with E-state index in [0.29, 0.717) is 29.9 Å². The van der Waals surface area contributed by atoms with Crippen molar-refractivity contribution < 1.29 is 17.9 Å². The van der Waals surface area contributed by atoms with Crippen LogP contribution in [-0.4, -0.2) is 40.6 Å². The van der Waals surface area contributed by atoms with Crippen molar-refractivity contribution in [2.45, 2.75) is 30.1 Å². The number of carbonyl (C=O) groups is 1. The molecule has 0 spiro atoms. The van der Waals surface area contributed by atoms with Gasteiger partial charge in [-0.25, -0.2) is 8.42 Å². The molecule has 8 heteroatoms. The molecule has 0 aliphatic rings. The van der Waals surface area contributed by atoms with Crippen molar-refractivity contribution >= 4 is 37.4 Å². The molecule has 0 fully saturated rings. The normalized spacial score (nSPS) is 11.2. The zero-order chi connectivity index (χ0) is 20.6. The van der Waals surface area contributed by atoms with Gasteiger partial charge in [0.1, 0.15) is 4.90 Å². The lowest BCUT2D eigenvalue weighted by Gasteiger charge is -2.14. The third-order valence-corrected chi connectivity index (χ3v) is 6.79. The van der Waals surface area contributed by atoms with Gasteiger partial charge in [0.15, 0.2) is 0 Å². The summed E-state index contributed by atoms with van der Waals surface area (Å²) < 4.78 is 31.9. The number of sulfone groups is 1. The Morgan fingerprint density at radius 2 is 1.86 bits per heavy atom. The number of hydrogen-bond acceptors (Lipinski definition) is 5. The molecule has 0 aliphatic heterocycles. The third kappa shape index (κ3) is 6.05. The van der Waals surface area contributed by atoms with Gasteiger partial charge in [0.25, 0.3) is 0 Å². The summed E-state index contributed by atoms with van der Waals surface area (Å²) in [5, 5.41) is 5.72. The fourth-order valence-electron chi connectivity index (χ4n) is 2.54. The lowest BCUT2D eigenvalue weighted by Crippen LogP contribution is -2.31. The standard InChI is InChI=1S/C20H25BrN2O4S/c1-3-27-13-5-12-22-19(24)14-23-18-7-4-6-17(21)20(18)28(25,26)16-10-8-15(2)9-11-16/h4,6-11,23H,3,5,12-14H2,1-2H3,(H,22,24). The molecule has 0 saturated carbocycles. The smallest absolute Gasteiger partial charge is 0.239 e. The fraction of sp³-hybridized carbons (Fsp3) is 0.350. The first-order valence-corrected chi connectivity index (χ1v) is 11.3. The molecule has 0 aromatic heterocycles. The van der Waals surface area contributed by atoms with E-state index in [1.54, 1.807) is 42.5 Å². The zero-order valence-electron chi connectivity index (χ0n) is 16.0. The van der Waals surface area contributed by atoms with Gasteiger partial charge in [-0.15, -0.1) is 0 Å². The lowest BCUT2D eigenvalue weighted by molar-refractivity contribution is -0.119. The largest absolute Gasteiger partial charge is 0.382 e. The Balaban J connectivity index is 2.11. The molecule has 2 aromatic carbocycles. The number of aryl methyl sites for hydroxylation is 1. The summed E-state index contributed by atoms with van der Waals surface area (Å²) in [6.45, 7) is 5.54. The fourth-order valence-corrected chi connectivity index (χ4v) is 5.03. The third-order valence-electron chi connectivity index (χ3n) is 4.00. The molecule has 0 atom stereocenters. The molecule has 2 aromatic rings. The predicted molar refractivity (Wildman–Crippen MR) is 113 cm³/mol. The molecule has 2 rings (SSSR count). The van der Waals surface area contributed by atoms with Gasteiger partial charge in [-0.2, -0.15) is 0 Å². The molecule has 0 unspecified atom stereocenters. The van der Waals surface area contributed by atoms with Crippen LogP contribution in [0.5, 0.6) is 0 Å². The molecule has 28 heavy (non-hydrogen) atoms. The van der Waals surface area contributed by atoms with E-state index in [0.717, 1.165) is 12.0 Å². The molecule has 1 amide bonds. The molecule has 0 bridgehead atoms. The van der Waals surface area contributed by atoms with E-state index in [2.05, 4.69) is 26.6 Å². The average molecular weight is 469 g/mol. The van der Waals surface area contributed by atoms with E-state index in [4.69, 9.17) is 4.74 Å². The van der Waals surface area contributed by atoms with Gasteiger partial charge in [-0.05, 0) is 60.5 Å². The van der Waals surface area contributed by atoms with Crippen LogP contribution in [-0.2, 0) is 19.4 Å². The number of carbonyl (C=O) groups excluding carboxylic acids is 1. The highest BCUT2D eigenvalue weighted by molar-refractivity contribution is 9.10. The Kier molecular flexibility index (Phi) is 8.47. The summed E-state index contributed by atoms with van der Waals surface area (Å²) in [5.74, 6) is -0.213. The number of halogens is 1. The number of rotatable bonds is 10. The van der Waals surface area contributed by atoms with Gasteiger partial charge in [-0.1, -0.05) is 23.8 Å². The van der Waals surface area contributed by atoms with Crippen LogP contribution in [0.2, 0.25) is 0 Å². The molecule has 0 aliphatic carbocycles. The number of hydrogen-bond donors (Lipinski definition) is 2. The van der Waals surface area contributed by atoms with E-state index in [-0.39, 0.29) is 22.2 Å². The Morgan fingerprint density at radius 3 is 2.54 bits per heavy atom. The molecule has 2 N–H and O–H groups in total. The minimum absolute atomic E-state index is 0.0263. The molecule has 0 saturated heterocycles. The van der Waals surface area contributed by atoms with Crippen LogP contribution in [0, 0.1) is 6.92 Å². The summed E-state index contributed by atoms with van der Waals surface area (Å²) in [4.78, 5) is 12.3. The Hall–Kier alpha value is -1.90. The summed E-state index contributed by atoms with van der Waals surface area (Å²) in [6.07, 6.45) is 0.726. The number of nitrogens with one attached hydrogen (secondary N) is 2. The van der Waals surface area contributed by atoms with Crippen LogP contribution >= 0.6 is 15.9 Å². The molecular formula is C20H25BrN2O4S. The maximum absolute atomic E-state index is 13.1. The zero-order valence-corrected chi connectivity index (χ0v) is 18.4. The predicted octanol–water partition coefficient (Wildman–Crippen LogP) is 3.55. The molecule has 152 valence electrons. The first-order valence-electron chi connectivity index (χ1n) is 9.05. The van der Waals surface area contributed by atoms with E-state index in [1.807, 2.05) is 13.8 Å². The van der Waals surface area contributed by atoms with E-state index in [9.17, 15) is 13.2 Å². The SMILES string of the molecule is CCOCCCNC(=O)CNc1cccc(Br)c1S(=O)(=O)c1ccc(C)cc1. The van der Waals surface area contributed by atoms with Crippen molar-refractivity contribution in [2.75, 3.05) is 31.6 Å². The highest BCUT2D eigenvalue weighted by Crippen LogP contribution is 2.34. The monoisotopic (exact) mass is 468 g/mol. The first-order chi connectivity index (χ1) is 13.4. The molecule has 0 radical (unpaired) electrons. The van der Waals surface area contributed by atoms with E-state index >= 15 is 0 Å². The van der Waals surface area contributed by atoms with E-state index < -0.39 is 9.84 Å². The minimum Gasteiger partial charge on any atom is -0.382 e. The maximum Gasteiger partial charge on any atom is 0.239 e. The maximum atomic E-state index is 13.1. The summed E-state index contributed by atoms with van der Waals surface area (Å²) in [7, 11) is -3.75. The highest BCUT2D eigenvalue weighted by atomic mass is 79.9. The average Bonchev–Trinajstić information content (AvgIpc) is 2.66. The topological polar surface area (TPSA) is 84.5 Å². The van der Waals surface area contributed by atoms with Crippen LogP contribution in [0.25, 0.3) is 0 Å². The second-order valence-electron chi connectivity index (χ2n) is 6.19. The second kappa shape index (κ2) is 10.6. The molecule has 6 nitrogen and oxygen atoms in total. The Bertz CT molecular complexity index is 899. The van der Waals surface area contributed by atoms with Crippen LogP contribution in [0.3, 0.4) is 0 Å². The van der Waals surface area contributed by atoms with E-state index in [1.165, 1.54) is 0 Å². The summed E-state index contributed by atoms with van der Waals surface area (Å²) in [6, 6.07) is 11.7. The number of benzene rings is 2. The van der Waals surface area contributed by atoms with Crippen molar-refractivity contribution in [3.63, 3.8) is 0 Å². The second-order valence-corrected chi connectivity index (χ2v) is 8.93. The Labute approximate surface area is 174 Å². The van der Waals surface area contributed by atoms with Gasteiger partial charge in [-0.3, -0.25) is 4.79 Å². The van der Waals surface area contributed by atoms with Crippen LogP contribution in [0.4, 0.5) is 5.69 Å². The van der Waals surface area contributed by atoms with Gasteiger partial charge in [0.05, 0.1) is 17.1 Å². The first kappa shape index (κ1) is 22.4. The lowest BCUT2D eigenvalue weighted by atomic mass is 10.2. The van der Waals surface area contributed by atoms with Gasteiger partial charge < -0.3 is 15.4 Å². The summed E-state index contributed by atoms with van der Waals surface area (Å²) >= 11 is 3.33. The van der Waals surface area contributed by atoms with Crippen LogP contribution < -0.4 is 10.6 Å². The van der Waals surface area contributed by atoms with Crippen molar-refractivity contribution in [1.29, 1.82) is 0 Å². The van der Waals surface area contributed by atoms with Crippen molar-refractivity contribution in [1.82, 2.24) is 5.32 Å². The quantitative estimate of drug-likeness (QED) is 0.520. The minimum atomic E-state index is -3.75. The highest BCUT2D eigenvalue weighted by Gasteiger charge is 2.24. The van der Waals surface area contributed by atoms with Gasteiger partial charge >= 0.3 is 0 Å². The number of anilines is 1. The van der Waals surface area contributed by atoms with Crippen LogP contribution in [0.15, 0.2) is 56.7 Å². The van der Waals surface area contributed by atoms with Crippen LogP contribution in [0.1, 0.15) is 18.9 Å².